The fourth-order valence-corrected chi connectivity index (χ4v) is 1.99. The number of hydrogen-bond acceptors (Lipinski definition) is 5. The molecule has 2 rings (SSSR count). The Morgan fingerprint density at radius 1 is 1.50 bits per heavy atom. The molecule has 0 saturated heterocycles. The van der Waals surface area contributed by atoms with E-state index in [2.05, 4.69) is 15.4 Å². The molecule has 2 aliphatic rings. The van der Waals surface area contributed by atoms with Crippen LogP contribution in [0.2, 0.25) is 0 Å². The first-order chi connectivity index (χ1) is 8.65. The van der Waals surface area contributed by atoms with Crippen LogP contribution in [0.4, 0.5) is 4.79 Å². The molecule has 2 aliphatic heterocycles. The Hall–Kier alpha value is -2.09. The normalized spacial score (nSPS) is 16.3. The van der Waals surface area contributed by atoms with Gasteiger partial charge >= 0.3 is 12.0 Å². The van der Waals surface area contributed by atoms with E-state index >= 15 is 0 Å². The molecule has 0 atom stereocenters. The third-order valence-corrected chi connectivity index (χ3v) is 2.94. The standard InChI is InChI=1S/C10H12N4O3S/c15-9(16)1-3-11-10(17)13-7-2-4-14-8(5-7)6-12-18-14/h2,4-6,12H,1,3H2,(H,15,16)(H2,11,13,17). The van der Waals surface area contributed by atoms with Gasteiger partial charge in [-0.25, -0.2) is 4.79 Å². The molecule has 4 N–H and O–H groups in total. The third kappa shape index (κ3) is 3.20. The number of fused-ring (bicyclic) bond motifs is 1. The van der Waals surface area contributed by atoms with Crippen LogP contribution in [0.3, 0.4) is 0 Å². The Kier molecular flexibility index (Phi) is 3.78. The summed E-state index contributed by atoms with van der Waals surface area (Å²) in [7, 11) is 0. The number of rotatable bonds is 4. The van der Waals surface area contributed by atoms with Gasteiger partial charge in [0.1, 0.15) is 0 Å². The number of aliphatic carboxylic acids is 1. The Balaban J connectivity index is 1.81. The summed E-state index contributed by atoms with van der Waals surface area (Å²) in [4.78, 5) is 21.7. The minimum Gasteiger partial charge on any atom is -0.481 e. The maximum atomic E-state index is 11.4. The van der Waals surface area contributed by atoms with Gasteiger partial charge in [-0.3, -0.25) is 9.10 Å². The van der Waals surface area contributed by atoms with E-state index in [1.165, 1.54) is 12.1 Å². The van der Waals surface area contributed by atoms with Crippen molar-refractivity contribution in [3.8, 4) is 0 Å². The number of nitrogens with zero attached hydrogens (tertiary/aromatic N) is 1. The maximum absolute atomic E-state index is 11.4. The van der Waals surface area contributed by atoms with E-state index in [9.17, 15) is 9.59 Å². The van der Waals surface area contributed by atoms with Gasteiger partial charge in [0.25, 0.3) is 0 Å². The fourth-order valence-electron chi connectivity index (χ4n) is 1.37. The number of nitrogens with one attached hydrogen (secondary N) is 3. The number of amides is 2. The summed E-state index contributed by atoms with van der Waals surface area (Å²) in [5.41, 5.74) is 1.58. The molecule has 96 valence electrons. The monoisotopic (exact) mass is 268 g/mol. The lowest BCUT2D eigenvalue weighted by Crippen LogP contribution is -2.36. The van der Waals surface area contributed by atoms with Crippen LogP contribution in [0.25, 0.3) is 0 Å². The van der Waals surface area contributed by atoms with E-state index in [0.29, 0.717) is 5.70 Å². The number of allylic oxidation sites excluding steroid dienone is 2. The van der Waals surface area contributed by atoms with Gasteiger partial charge < -0.3 is 20.5 Å². The molecule has 0 aromatic carbocycles. The lowest BCUT2D eigenvalue weighted by atomic mass is 10.2. The smallest absolute Gasteiger partial charge is 0.319 e. The average Bonchev–Trinajstić information content (AvgIpc) is 2.75. The van der Waals surface area contributed by atoms with Crippen molar-refractivity contribution in [1.29, 1.82) is 0 Å². The molecule has 0 spiro atoms. The molecular formula is C10H12N4O3S. The molecule has 0 fully saturated rings. The minimum atomic E-state index is -0.943. The zero-order chi connectivity index (χ0) is 13.0. The Morgan fingerprint density at radius 3 is 3.11 bits per heavy atom. The maximum Gasteiger partial charge on any atom is 0.319 e. The van der Waals surface area contributed by atoms with Gasteiger partial charge in [-0.2, -0.15) is 0 Å². The van der Waals surface area contributed by atoms with Crippen LogP contribution in [-0.2, 0) is 4.79 Å². The van der Waals surface area contributed by atoms with E-state index in [-0.39, 0.29) is 13.0 Å². The number of hydrogen-bond donors (Lipinski definition) is 4. The highest BCUT2D eigenvalue weighted by Gasteiger charge is 2.16. The number of carboxylic acid groups (broad SMARTS) is 1. The van der Waals surface area contributed by atoms with E-state index < -0.39 is 12.0 Å². The largest absolute Gasteiger partial charge is 0.481 e. The van der Waals surface area contributed by atoms with Crippen LogP contribution in [0.5, 0.6) is 0 Å². The predicted molar refractivity (Wildman–Crippen MR) is 66.7 cm³/mol. The molecule has 7 nitrogen and oxygen atoms in total. The first-order valence-electron chi connectivity index (χ1n) is 5.23. The van der Waals surface area contributed by atoms with E-state index in [4.69, 9.17) is 5.11 Å². The second-order valence-corrected chi connectivity index (χ2v) is 4.36. The van der Waals surface area contributed by atoms with Gasteiger partial charge in [0.2, 0.25) is 0 Å². The van der Waals surface area contributed by atoms with Crippen molar-refractivity contribution in [1.82, 2.24) is 19.7 Å². The van der Waals surface area contributed by atoms with E-state index in [1.807, 2.05) is 22.8 Å². The molecule has 18 heavy (non-hydrogen) atoms. The summed E-state index contributed by atoms with van der Waals surface area (Å²) < 4.78 is 4.89. The topological polar surface area (TPSA) is 93.7 Å². The molecule has 0 aliphatic carbocycles. The van der Waals surface area contributed by atoms with Crippen LogP contribution in [-0.4, -0.2) is 28.0 Å². The summed E-state index contributed by atoms with van der Waals surface area (Å²) in [5.74, 6) is -0.943. The van der Waals surface area contributed by atoms with Crippen molar-refractivity contribution < 1.29 is 14.7 Å². The molecule has 0 aromatic heterocycles. The zero-order valence-electron chi connectivity index (χ0n) is 9.34. The second kappa shape index (κ2) is 5.50. The number of carboxylic acids is 1. The van der Waals surface area contributed by atoms with Crippen molar-refractivity contribution >= 4 is 24.1 Å². The van der Waals surface area contributed by atoms with E-state index in [1.54, 1.807) is 6.08 Å². The van der Waals surface area contributed by atoms with Crippen LogP contribution in [0.1, 0.15) is 6.42 Å². The van der Waals surface area contributed by atoms with Gasteiger partial charge in [0.05, 0.1) is 24.3 Å². The summed E-state index contributed by atoms with van der Waals surface area (Å²) in [6.45, 7) is 0.102. The Bertz CT molecular complexity index is 458. The molecule has 2 heterocycles. The van der Waals surface area contributed by atoms with Crippen molar-refractivity contribution in [3.63, 3.8) is 0 Å². The van der Waals surface area contributed by atoms with Gasteiger partial charge in [-0.15, -0.1) is 0 Å². The fraction of sp³-hybridized carbons (Fsp3) is 0.200. The second-order valence-electron chi connectivity index (χ2n) is 3.54. The lowest BCUT2D eigenvalue weighted by molar-refractivity contribution is -0.136. The van der Waals surface area contributed by atoms with Crippen LogP contribution >= 0.6 is 12.1 Å². The van der Waals surface area contributed by atoms with Gasteiger partial charge in [-0.1, -0.05) is 0 Å². The molecular weight excluding hydrogens is 256 g/mol. The van der Waals surface area contributed by atoms with Crippen LogP contribution < -0.4 is 15.4 Å². The first kappa shape index (κ1) is 12.4. The molecule has 0 saturated carbocycles. The van der Waals surface area contributed by atoms with Crippen molar-refractivity contribution in [3.05, 3.63) is 35.9 Å². The SMILES string of the molecule is O=C(O)CCNC(=O)NC1=CC2=CNSN2C=C1. The summed E-state index contributed by atoms with van der Waals surface area (Å²) in [6.07, 6.45) is 7.11. The van der Waals surface area contributed by atoms with Gasteiger partial charge in [-0.05, 0) is 12.2 Å². The van der Waals surface area contributed by atoms with E-state index in [0.717, 1.165) is 5.70 Å². The Labute approximate surface area is 108 Å². The van der Waals surface area contributed by atoms with Crippen molar-refractivity contribution in [2.24, 2.45) is 0 Å². The van der Waals surface area contributed by atoms with Gasteiger partial charge in [0.15, 0.2) is 0 Å². The molecule has 8 heteroatoms. The highest BCUT2D eigenvalue weighted by Crippen LogP contribution is 2.26. The quantitative estimate of drug-likeness (QED) is 0.554. The third-order valence-electron chi connectivity index (χ3n) is 2.19. The average molecular weight is 268 g/mol. The van der Waals surface area contributed by atoms with Gasteiger partial charge in [0, 0.05) is 24.6 Å². The molecule has 0 aromatic rings. The van der Waals surface area contributed by atoms with Crippen molar-refractivity contribution in [2.45, 2.75) is 6.42 Å². The van der Waals surface area contributed by atoms with Crippen molar-refractivity contribution in [2.75, 3.05) is 6.54 Å². The first-order valence-corrected chi connectivity index (χ1v) is 6.01. The predicted octanol–water partition coefficient (Wildman–Crippen LogP) is 0.481. The summed E-state index contributed by atoms with van der Waals surface area (Å²) in [6, 6.07) is -0.417. The number of urea groups is 1. The Morgan fingerprint density at radius 2 is 2.33 bits per heavy atom. The molecule has 0 radical (unpaired) electrons. The minimum absolute atomic E-state index is 0.0954. The van der Waals surface area contributed by atoms with Crippen LogP contribution in [0.15, 0.2) is 35.9 Å². The summed E-state index contributed by atoms with van der Waals surface area (Å²) in [5, 5.41) is 13.5. The molecule has 0 bridgehead atoms. The number of carbonyl (C=O) groups is 2. The zero-order valence-corrected chi connectivity index (χ0v) is 10.2. The lowest BCUT2D eigenvalue weighted by Gasteiger charge is -2.17. The highest BCUT2D eigenvalue weighted by molar-refractivity contribution is 7.95. The summed E-state index contributed by atoms with van der Waals surface area (Å²) >= 11 is 1.43. The number of carbonyl (C=O) groups excluding carboxylic acids is 1. The highest BCUT2D eigenvalue weighted by atomic mass is 32.2. The van der Waals surface area contributed by atoms with Crippen LogP contribution in [0, 0.1) is 0 Å². The molecule has 0 unspecified atom stereocenters. The molecule has 2 amide bonds.